The Balaban J connectivity index is 0.000000296. The van der Waals surface area contributed by atoms with E-state index >= 15 is 0 Å². The normalized spacial score (nSPS) is 21.6. The molecule has 2 aliphatic heterocycles. The summed E-state index contributed by atoms with van der Waals surface area (Å²) in [5.41, 5.74) is 0. The van der Waals surface area contributed by atoms with E-state index in [4.69, 9.17) is 37.7 Å². The Hall–Kier alpha value is 1.77. The van der Waals surface area contributed by atoms with Crippen molar-refractivity contribution in [3.63, 3.8) is 0 Å². The van der Waals surface area contributed by atoms with Gasteiger partial charge in [0.1, 0.15) is 0 Å². The summed E-state index contributed by atoms with van der Waals surface area (Å²) in [6, 6.07) is 0. The number of hydrogen-bond donors (Lipinski definition) is 0. The fourth-order valence-electron chi connectivity index (χ4n) is 2.42. The van der Waals surface area contributed by atoms with Crippen molar-refractivity contribution < 1.29 is 11.9 Å². The molecule has 0 bridgehead atoms. The van der Waals surface area contributed by atoms with Crippen LogP contribution in [0.3, 0.4) is 0 Å². The van der Waals surface area contributed by atoms with Crippen molar-refractivity contribution in [2.45, 2.75) is 52.4 Å². The van der Waals surface area contributed by atoms with Crippen LogP contribution in [-0.2, 0) is 11.9 Å². The van der Waals surface area contributed by atoms with E-state index in [0.29, 0.717) is 0 Å². The molecule has 0 atom stereocenters. The molecule has 0 aliphatic carbocycles. The van der Waals surface area contributed by atoms with Gasteiger partial charge in [0.05, 0.1) is 0 Å². The van der Waals surface area contributed by atoms with Crippen LogP contribution in [0.4, 0.5) is 0 Å². The van der Waals surface area contributed by atoms with Crippen LogP contribution in [0, 0.1) is 11.8 Å². The molecular formula is C14H28Cl4N2Pt. The fourth-order valence-corrected chi connectivity index (χ4v) is 2.42. The van der Waals surface area contributed by atoms with Crippen LogP contribution in [0.1, 0.15) is 52.4 Å². The van der Waals surface area contributed by atoms with Crippen LogP contribution < -0.4 is 0 Å². The molecule has 0 saturated carbocycles. The van der Waals surface area contributed by atoms with Crippen molar-refractivity contribution in [3.8, 4) is 0 Å². The SMILES string of the molecule is CCC1CC[N-]CC1.CCC1CC[N-]CC1.[Cl][Pt+2]([Cl])([Cl])[Cl]. The van der Waals surface area contributed by atoms with Crippen molar-refractivity contribution in [1.29, 1.82) is 0 Å². The maximum atomic E-state index is 5.01. The zero-order chi connectivity index (χ0) is 16.1. The van der Waals surface area contributed by atoms with Gasteiger partial charge in [-0.15, -0.1) is 26.2 Å². The molecule has 2 rings (SSSR count). The monoisotopic (exact) mass is 559 g/mol. The first-order valence-electron chi connectivity index (χ1n) is 7.61. The predicted octanol–water partition coefficient (Wildman–Crippen LogP) is 7.12. The Labute approximate surface area is 149 Å². The first-order chi connectivity index (χ1) is 9.86. The third kappa shape index (κ3) is 18.0. The first-order valence-corrected chi connectivity index (χ1v) is 18.9. The van der Waals surface area contributed by atoms with Crippen molar-refractivity contribution in [2.75, 3.05) is 26.2 Å². The fraction of sp³-hybridized carbons (Fsp3) is 1.00. The molecule has 2 fully saturated rings. The molecule has 2 nitrogen and oxygen atoms in total. The topological polar surface area (TPSA) is 28.2 Å². The summed E-state index contributed by atoms with van der Waals surface area (Å²) < 4.78 is 0. The predicted molar refractivity (Wildman–Crippen MR) is 95.6 cm³/mol. The minimum atomic E-state index is -3.06. The molecule has 0 aromatic heterocycles. The second-order valence-electron chi connectivity index (χ2n) is 5.32. The van der Waals surface area contributed by atoms with E-state index in [9.17, 15) is 0 Å². The van der Waals surface area contributed by atoms with Crippen LogP contribution >= 0.6 is 37.7 Å². The Bertz CT molecular complexity index is 204. The molecule has 0 N–H and O–H groups in total. The van der Waals surface area contributed by atoms with Gasteiger partial charge >= 0.3 is 49.6 Å². The van der Waals surface area contributed by atoms with Crippen LogP contribution in [0.5, 0.6) is 0 Å². The average Bonchev–Trinajstić information content (AvgIpc) is 2.48. The van der Waals surface area contributed by atoms with Gasteiger partial charge in [-0.05, 0) is 11.8 Å². The number of halogens is 4. The molecule has 0 radical (unpaired) electrons. The second-order valence-corrected chi connectivity index (χ2v) is 25.0. The van der Waals surface area contributed by atoms with Gasteiger partial charge in [-0.3, -0.25) is 0 Å². The van der Waals surface area contributed by atoms with Crippen molar-refractivity contribution in [3.05, 3.63) is 10.6 Å². The summed E-state index contributed by atoms with van der Waals surface area (Å²) in [7, 11) is 20.0. The number of piperidine rings is 2. The summed E-state index contributed by atoms with van der Waals surface area (Å²) in [6.45, 7) is 9.04. The van der Waals surface area contributed by atoms with Gasteiger partial charge in [-0.2, -0.15) is 0 Å². The van der Waals surface area contributed by atoms with Gasteiger partial charge in [0.25, 0.3) is 0 Å². The average molecular weight is 561 g/mol. The first kappa shape index (κ1) is 22.8. The molecule has 7 heteroatoms. The summed E-state index contributed by atoms with van der Waals surface area (Å²) in [6.07, 6.45) is 8.09. The van der Waals surface area contributed by atoms with E-state index in [1.165, 1.54) is 38.5 Å². The van der Waals surface area contributed by atoms with E-state index in [0.717, 1.165) is 38.0 Å². The molecule has 2 saturated heterocycles. The quantitative estimate of drug-likeness (QED) is 0.344. The zero-order valence-electron chi connectivity index (χ0n) is 12.9. The molecule has 0 unspecified atom stereocenters. The summed E-state index contributed by atoms with van der Waals surface area (Å²) >= 11 is -3.06. The third-order valence-electron chi connectivity index (χ3n) is 3.94. The molecule has 0 amide bonds. The molecule has 2 heterocycles. The van der Waals surface area contributed by atoms with E-state index in [2.05, 4.69) is 24.5 Å². The van der Waals surface area contributed by atoms with Gasteiger partial charge in [-0.1, -0.05) is 52.4 Å². The number of hydrogen-bond acceptors (Lipinski definition) is 0. The standard InChI is InChI=1S/2C7H14N.4ClH.Pt/c2*1-2-7-3-5-8-6-4-7;;;;;/h2*7H,2-6H2,1H3;4*1H;/q2*-1;;;;;+6/p-4. The maximum absolute atomic E-state index is 5.01. The Morgan fingerprint density at radius 2 is 0.952 bits per heavy atom. The van der Waals surface area contributed by atoms with Crippen LogP contribution in [-0.4, -0.2) is 26.2 Å². The van der Waals surface area contributed by atoms with E-state index < -0.39 is 11.9 Å². The van der Waals surface area contributed by atoms with Crippen molar-refractivity contribution in [1.82, 2.24) is 0 Å². The third-order valence-corrected chi connectivity index (χ3v) is 3.94. The Morgan fingerprint density at radius 1 is 0.714 bits per heavy atom. The van der Waals surface area contributed by atoms with Gasteiger partial charge in [-0.25, -0.2) is 0 Å². The summed E-state index contributed by atoms with van der Waals surface area (Å²) in [4.78, 5) is 0. The molecular weight excluding hydrogens is 533 g/mol. The van der Waals surface area contributed by atoms with Crippen molar-refractivity contribution in [2.24, 2.45) is 11.8 Å². The van der Waals surface area contributed by atoms with Gasteiger partial charge < -0.3 is 10.6 Å². The Kier molecular flexibility index (Phi) is 15.3. The summed E-state index contributed by atoms with van der Waals surface area (Å²) in [5.74, 6) is 1.99. The van der Waals surface area contributed by atoms with Crippen LogP contribution in [0.25, 0.3) is 10.6 Å². The minimum absolute atomic E-state index is 0.993. The van der Waals surface area contributed by atoms with Crippen LogP contribution in [0.2, 0.25) is 0 Å². The Morgan fingerprint density at radius 3 is 1.10 bits per heavy atom. The zero-order valence-corrected chi connectivity index (χ0v) is 18.2. The molecule has 132 valence electrons. The molecule has 2 aliphatic rings. The van der Waals surface area contributed by atoms with Gasteiger partial charge in [0.2, 0.25) is 0 Å². The van der Waals surface area contributed by atoms with Gasteiger partial charge in [0.15, 0.2) is 0 Å². The van der Waals surface area contributed by atoms with Crippen LogP contribution in [0.15, 0.2) is 0 Å². The van der Waals surface area contributed by atoms with Gasteiger partial charge in [0, 0.05) is 0 Å². The number of nitrogens with zero attached hydrogens (tertiary/aromatic N) is 2. The summed E-state index contributed by atoms with van der Waals surface area (Å²) in [5, 5.41) is 8.55. The van der Waals surface area contributed by atoms with E-state index in [1.54, 1.807) is 0 Å². The molecule has 0 aromatic carbocycles. The molecule has 0 spiro atoms. The van der Waals surface area contributed by atoms with E-state index in [1.807, 2.05) is 0 Å². The number of rotatable bonds is 2. The second kappa shape index (κ2) is 14.1. The molecule has 0 aromatic rings. The molecule has 21 heavy (non-hydrogen) atoms. The van der Waals surface area contributed by atoms with Crippen molar-refractivity contribution >= 4 is 37.7 Å². The van der Waals surface area contributed by atoms with E-state index in [-0.39, 0.29) is 0 Å².